The Hall–Kier alpha value is -0.0800. The van der Waals surface area contributed by atoms with Crippen LogP contribution < -0.4 is 0 Å². The molecule has 66 valence electrons. The van der Waals surface area contributed by atoms with Gasteiger partial charge in [-0.15, -0.1) is 0 Å². The highest BCUT2D eigenvalue weighted by molar-refractivity contribution is 4.79. The molecular formula is C9H18O2. The van der Waals surface area contributed by atoms with Gasteiger partial charge in [-0.05, 0) is 19.8 Å². The summed E-state index contributed by atoms with van der Waals surface area (Å²) in [5.74, 6) is 0. The molecule has 2 heteroatoms. The predicted octanol–water partition coefficient (Wildman–Crippen LogP) is 1.98. The molecule has 2 nitrogen and oxygen atoms in total. The van der Waals surface area contributed by atoms with Crippen LogP contribution in [0.3, 0.4) is 0 Å². The van der Waals surface area contributed by atoms with Crippen LogP contribution in [0.25, 0.3) is 0 Å². The summed E-state index contributed by atoms with van der Waals surface area (Å²) in [5.41, 5.74) is 0. The topological polar surface area (TPSA) is 21.8 Å². The van der Waals surface area contributed by atoms with E-state index in [1.807, 2.05) is 0 Å². The Balaban J connectivity index is 1.74. The van der Waals surface area contributed by atoms with Crippen molar-refractivity contribution in [1.29, 1.82) is 0 Å². The average Bonchev–Trinajstić information content (AvgIpc) is 2.67. The van der Waals surface area contributed by atoms with Crippen molar-refractivity contribution in [2.75, 3.05) is 13.7 Å². The maximum atomic E-state index is 5.29. The fourth-order valence-electron chi connectivity index (χ4n) is 1.30. The first-order chi connectivity index (χ1) is 5.34. The molecule has 0 aliphatic carbocycles. The summed E-state index contributed by atoms with van der Waals surface area (Å²) in [7, 11) is 1.76. The van der Waals surface area contributed by atoms with Crippen LogP contribution in [0.4, 0.5) is 0 Å². The fourth-order valence-corrected chi connectivity index (χ4v) is 1.30. The molecule has 1 saturated heterocycles. The summed E-state index contributed by atoms with van der Waals surface area (Å²) in [4.78, 5) is 0. The van der Waals surface area contributed by atoms with E-state index in [-0.39, 0.29) is 0 Å². The van der Waals surface area contributed by atoms with Crippen LogP contribution in [0.2, 0.25) is 0 Å². The largest absolute Gasteiger partial charge is 0.385 e. The van der Waals surface area contributed by atoms with Crippen LogP contribution >= 0.6 is 0 Å². The Kier molecular flexibility index (Phi) is 3.87. The second-order valence-corrected chi connectivity index (χ2v) is 3.22. The van der Waals surface area contributed by atoms with Gasteiger partial charge < -0.3 is 9.47 Å². The Morgan fingerprint density at radius 2 is 2.00 bits per heavy atom. The van der Waals surface area contributed by atoms with E-state index in [1.54, 1.807) is 7.11 Å². The Labute approximate surface area is 68.9 Å². The number of rotatable bonds is 6. The third kappa shape index (κ3) is 3.73. The van der Waals surface area contributed by atoms with Gasteiger partial charge in [0.1, 0.15) is 0 Å². The molecule has 2 unspecified atom stereocenters. The lowest BCUT2D eigenvalue weighted by molar-refractivity contribution is 0.191. The van der Waals surface area contributed by atoms with Crippen molar-refractivity contribution in [2.24, 2.45) is 0 Å². The molecule has 1 fully saturated rings. The lowest BCUT2D eigenvalue weighted by atomic mass is 10.1. The van der Waals surface area contributed by atoms with Gasteiger partial charge in [0.2, 0.25) is 0 Å². The number of ether oxygens (including phenoxy) is 2. The zero-order valence-corrected chi connectivity index (χ0v) is 7.51. The summed E-state index contributed by atoms with van der Waals surface area (Å²) >= 11 is 0. The summed E-state index contributed by atoms with van der Waals surface area (Å²) in [6.45, 7) is 3.04. The minimum atomic E-state index is 0.539. The SMILES string of the molecule is COCCCCCC1OC1C. The van der Waals surface area contributed by atoms with E-state index in [1.165, 1.54) is 25.7 Å². The zero-order valence-electron chi connectivity index (χ0n) is 7.51. The van der Waals surface area contributed by atoms with E-state index in [2.05, 4.69) is 6.92 Å². The first kappa shape index (κ1) is 9.01. The third-order valence-corrected chi connectivity index (χ3v) is 2.17. The van der Waals surface area contributed by atoms with Gasteiger partial charge in [0, 0.05) is 13.7 Å². The van der Waals surface area contributed by atoms with E-state index in [9.17, 15) is 0 Å². The second-order valence-electron chi connectivity index (χ2n) is 3.22. The van der Waals surface area contributed by atoms with Gasteiger partial charge in [0.15, 0.2) is 0 Å². The molecule has 1 aliphatic heterocycles. The summed E-state index contributed by atoms with van der Waals surface area (Å²) in [5, 5.41) is 0. The van der Waals surface area contributed by atoms with Crippen LogP contribution in [-0.2, 0) is 9.47 Å². The quantitative estimate of drug-likeness (QED) is 0.435. The minimum Gasteiger partial charge on any atom is -0.385 e. The number of hydrogen-bond donors (Lipinski definition) is 0. The Morgan fingerprint density at radius 1 is 1.27 bits per heavy atom. The zero-order chi connectivity index (χ0) is 8.10. The lowest BCUT2D eigenvalue weighted by Gasteiger charge is -1.97. The number of methoxy groups -OCH3 is 1. The van der Waals surface area contributed by atoms with E-state index in [0.29, 0.717) is 12.2 Å². The number of epoxide rings is 1. The molecule has 1 aliphatic rings. The van der Waals surface area contributed by atoms with E-state index in [0.717, 1.165) is 6.61 Å². The molecule has 11 heavy (non-hydrogen) atoms. The maximum Gasteiger partial charge on any atom is 0.0839 e. The van der Waals surface area contributed by atoms with Crippen molar-refractivity contribution in [3.05, 3.63) is 0 Å². The molecule has 0 bridgehead atoms. The molecule has 0 amide bonds. The van der Waals surface area contributed by atoms with Crippen molar-refractivity contribution >= 4 is 0 Å². The van der Waals surface area contributed by atoms with Crippen LogP contribution in [-0.4, -0.2) is 25.9 Å². The molecule has 0 aromatic rings. The van der Waals surface area contributed by atoms with Gasteiger partial charge in [0.05, 0.1) is 12.2 Å². The smallest absolute Gasteiger partial charge is 0.0839 e. The first-order valence-electron chi connectivity index (χ1n) is 4.49. The van der Waals surface area contributed by atoms with Crippen molar-refractivity contribution in [1.82, 2.24) is 0 Å². The highest BCUT2D eigenvalue weighted by Crippen LogP contribution is 2.26. The fraction of sp³-hybridized carbons (Fsp3) is 1.00. The molecule has 0 spiro atoms. The van der Waals surface area contributed by atoms with Crippen LogP contribution in [0.1, 0.15) is 32.6 Å². The molecule has 2 atom stereocenters. The highest BCUT2D eigenvalue weighted by Gasteiger charge is 2.32. The highest BCUT2D eigenvalue weighted by atomic mass is 16.6. The van der Waals surface area contributed by atoms with Gasteiger partial charge in [0.25, 0.3) is 0 Å². The predicted molar refractivity (Wildman–Crippen MR) is 44.7 cm³/mol. The molecule has 1 heterocycles. The standard InChI is InChI=1S/C9H18O2/c1-8-9(11-8)6-4-3-5-7-10-2/h8-9H,3-7H2,1-2H3. The minimum absolute atomic E-state index is 0.539. The molecule has 0 saturated carbocycles. The van der Waals surface area contributed by atoms with Gasteiger partial charge in [-0.2, -0.15) is 0 Å². The molecule has 0 aromatic carbocycles. The Morgan fingerprint density at radius 3 is 2.55 bits per heavy atom. The average molecular weight is 158 g/mol. The second kappa shape index (κ2) is 4.73. The van der Waals surface area contributed by atoms with E-state index >= 15 is 0 Å². The number of hydrogen-bond acceptors (Lipinski definition) is 2. The summed E-state index contributed by atoms with van der Waals surface area (Å²) < 4.78 is 10.2. The molecule has 0 N–H and O–H groups in total. The van der Waals surface area contributed by atoms with Gasteiger partial charge in [-0.1, -0.05) is 12.8 Å². The van der Waals surface area contributed by atoms with Gasteiger partial charge in [-0.3, -0.25) is 0 Å². The van der Waals surface area contributed by atoms with Crippen molar-refractivity contribution in [2.45, 2.75) is 44.8 Å². The molecule has 1 rings (SSSR count). The molecule has 0 aromatic heterocycles. The van der Waals surface area contributed by atoms with Crippen LogP contribution in [0.5, 0.6) is 0 Å². The van der Waals surface area contributed by atoms with Crippen LogP contribution in [0, 0.1) is 0 Å². The maximum absolute atomic E-state index is 5.29. The van der Waals surface area contributed by atoms with Gasteiger partial charge in [-0.25, -0.2) is 0 Å². The third-order valence-electron chi connectivity index (χ3n) is 2.17. The van der Waals surface area contributed by atoms with E-state index in [4.69, 9.17) is 9.47 Å². The summed E-state index contributed by atoms with van der Waals surface area (Å²) in [6.07, 6.45) is 6.12. The van der Waals surface area contributed by atoms with Crippen molar-refractivity contribution in [3.63, 3.8) is 0 Å². The summed E-state index contributed by atoms with van der Waals surface area (Å²) in [6, 6.07) is 0. The number of unbranched alkanes of at least 4 members (excludes halogenated alkanes) is 2. The monoisotopic (exact) mass is 158 g/mol. The normalized spacial score (nSPS) is 28.9. The lowest BCUT2D eigenvalue weighted by Crippen LogP contribution is -1.92. The molecular weight excluding hydrogens is 140 g/mol. The molecule has 0 radical (unpaired) electrons. The first-order valence-corrected chi connectivity index (χ1v) is 4.49. The Bertz CT molecular complexity index is 104. The van der Waals surface area contributed by atoms with Gasteiger partial charge >= 0.3 is 0 Å². The van der Waals surface area contributed by atoms with Crippen molar-refractivity contribution in [3.8, 4) is 0 Å². The van der Waals surface area contributed by atoms with Crippen molar-refractivity contribution < 1.29 is 9.47 Å². The van der Waals surface area contributed by atoms with Crippen LogP contribution in [0.15, 0.2) is 0 Å². The van der Waals surface area contributed by atoms with E-state index < -0.39 is 0 Å².